The van der Waals surface area contributed by atoms with E-state index in [1.165, 1.54) is 10.5 Å². The van der Waals surface area contributed by atoms with Gasteiger partial charge in [-0.05, 0) is 36.6 Å². The average Bonchev–Trinajstić information content (AvgIpc) is 2.42. The molecular formula is C14H17N3S. The monoisotopic (exact) mass is 259 g/mol. The van der Waals surface area contributed by atoms with Crippen molar-refractivity contribution in [2.24, 2.45) is 5.73 Å². The Kier molecular flexibility index (Phi) is 4.73. The highest BCUT2D eigenvalue weighted by Crippen LogP contribution is 2.25. The van der Waals surface area contributed by atoms with Crippen LogP contribution in [0.3, 0.4) is 0 Å². The van der Waals surface area contributed by atoms with Crippen molar-refractivity contribution in [1.29, 1.82) is 0 Å². The highest BCUT2D eigenvalue weighted by Gasteiger charge is 2.02. The number of nitrogens with two attached hydrogens (primary N) is 1. The van der Waals surface area contributed by atoms with E-state index in [2.05, 4.69) is 41.2 Å². The molecule has 1 heterocycles. The third kappa shape index (κ3) is 3.82. The highest BCUT2D eigenvalue weighted by atomic mass is 32.2. The van der Waals surface area contributed by atoms with Gasteiger partial charge < -0.3 is 5.73 Å². The molecular weight excluding hydrogens is 242 g/mol. The lowest BCUT2D eigenvalue weighted by atomic mass is 10.1. The molecule has 0 aliphatic carbocycles. The Labute approximate surface area is 112 Å². The van der Waals surface area contributed by atoms with Gasteiger partial charge in [0.1, 0.15) is 11.4 Å². The van der Waals surface area contributed by atoms with Gasteiger partial charge in [0.2, 0.25) is 0 Å². The van der Waals surface area contributed by atoms with Gasteiger partial charge in [-0.2, -0.15) is 0 Å². The van der Waals surface area contributed by atoms with Crippen LogP contribution >= 0.6 is 11.8 Å². The minimum atomic E-state index is 0.255. The van der Waals surface area contributed by atoms with Crippen LogP contribution in [0.25, 0.3) is 0 Å². The molecule has 2 aromatic rings. The van der Waals surface area contributed by atoms with Gasteiger partial charge >= 0.3 is 0 Å². The molecule has 2 rings (SSSR count). The zero-order valence-electron chi connectivity index (χ0n) is 10.4. The van der Waals surface area contributed by atoms with Crippen molar-refractivity contribution in [2.75, 3.05) is 0 Å². The Balaban J connectivity index is 2.00. The van der Waals surface area contributed by atoms with Gasteiger partial charge in [-0.15, -0.1) is 0 Å². The Hall–Kier alpha value is -1.39. The third-order valence-corrected chi connectivity index (χ3v) is 3.68. The number of hydrogen-bond donors (Lipinski definition) is 1. The van der Waals surface area contributed by atoms with E-state index in [1.807, 2.05) is 6.07 Å². The molecule has 18 heavy (non-hydrogen) atoms. The molecule has 0 spiro atoms. The second-order valence-electron chi connectivity index (χ2n) is 4.17. The number of nitrogens with zero attached hydrogens (tertiary/aromatic N) is 2. The van der Waals surface area contributed by atoms with Crippen LogP contribution in [0.2, 0.25) is 0 Å². The summed E-state index contributed by atoms with van der Waals surface area (Å²) in [5.74, 6) is 0. The highest BCUT2D eigenvalue weighted by molar-refractivity contribution is 7.99. The number of aromatic nitrogens is 2. The summed E-state index contributed by atoms with van der Waals surface area (Å²) >= 11 is 1.64. The molecule has 0 saturated heterocycles. The summed E-state index contributed by atoms with van der Waals surface area (Å²) < 4.78 is 0. The van der Waals surface area contributed by atoms with E-state index < -0.39 is 0 Å². The van der Waals surface area contributed by atoms with Crippen molar-refractivity contribution in [2.45, 2.75) is 35.7 Å². The van der Waals surface area contributed by atoms with E-state index >= 15 is 0 Å². The van der Waals surface area contributed by atoms with Gasteiger partial charge in [0.15, 0.2) is 0 Å². The second-order valence-corrected chi connectivity index (χ2v) is 5.26. The topological polar surface area (TPSA) is 51.8 Å². The molecule has 94 valence electrons. The number of rotatable bonds is 5. The fourth-order valence-corrected chi connectivity index (χ4v) is 2.34. The van der Waals surface area contributed by atoms with Gasteiger partial charge in [0.05, 0.1) is 0 Å². The van der Waals surface area contributed by atoms with E-state index in [0.717, 1.165) is 17.9 Å². The zero-order chi connectivity index (χ0) is 12.8. The minimum absolute atomic E-state index is 0.255. The summed E-state index contributed by atoms with van der Waals surface area (Å²) in [7, 11) is 0. The zero-order valence-corrected chi connectivity index (χ0v) is 11.2. The minimum Gasteiger partial charge on any atom is -0.327 e. The van der Waals surface area contributed by atoms with Crippen molar-refractivity contribution >= 4 is 11.8 Å². The lowest BCUT2D eigenvalue weighted by Crippen LogP contribution is -2.21. The largest absolute Gasteiger partial charge is 0.327 e. The summed E-state index contributed by atoms with van der Waals surface area (Å²) in [5, 5.41) is 0.961. The molecule has 0 saturated carbocycles. The summed E-state index contributed by atoms with van der Waals surface area (Å²) in [6.07, 6.45) is 5.27. The Morgan fingerprint density at radius 3 is 2.61 bits per heavy atom. The van der Waals surface area contributed by atoms with Gasteiger partial charge in [-0.1, -0.05) is 30.8 Å². The van der Waals surface area contributed by atoms with Crippen LogP contribution in [0.4, 0.5) is 0 Å². The average molecular weight is 259 g/mol. The molecule has 0 aliphatic rings. The summed E-state index contributed by atoms with van der Waals surface area (Å²) in [4.78, 5) is 9.28. The van der Waals surface area contributed by atoms with Crippen molar-refractivity contribution in [3.63, 3.8) is 0 Å². The first-order chi connectivity index (χ1) is 8.78. The van der Waals surface area contributed by atoms with Crippen molar-refractivity contribution < 1.29 is 0 Å². The molecule has 0 radical (unpaired) electrons. The van der Waals surface area contributed by atoms with Crippen molar-refractivity contribution in [1.82, 2.24) is 9.97 Å². The second kappa shape index (κ2) is 6.52. The van der Waals surface area contributed by atoms with Gasteiger partial charge in [-0.25, -0.2) is 9.97 Å². The van der Waals surface area contributed by atoms with E-state index in [-0.39, 0.29) is 6.04 Å². The molecule has 1 aromatic heterocycles. The first-order valence-corrected chi connectivity index (χ1v) is 6.88. The van der Waals surface area contributed by atoms with E-state index in [1.54, 1.807) is 24.3 Å². The van der Waals surface area contributed by atoms with E-state index in [0.29, 0.717) is 0 Å². The molecule has 0 bridgehead atoms. The number of hydrogen-bond acceptors (Lipinski definition) is 4. The Bertz CT molecular complexity index is 470. The maximum Gasteiger partial charge on any atom is 0.116 e. The fourth-order valence-electron chi connectivity index (χ4n) is 1.60. The van der Waals surface area contributed by atoms with Crippen LogP contribution in [0.1, 0.15) is 18.9 Å². The SMILES string of the molecule is CCC(N)Cc1ccc(Sc2ccncn2)cc1. The first-order valence-electron chi connectivity index (χ1n) is 6.06. The molecule has 1 unspecified atom stereocenters. The van der Waals surface area contributed by atoms with Gasteiger partial charge in [-0.3, -0.25) is 0 Å². The maximum absolute atomic E-state index is 5.94. The van der Waals surface area contributed by atoms with E-state index in [9.17, 15) is 0 Å². The third-order valence-electron chi connectivity index (χ3n) is 2.72. The van der Waals surface area contributed by atoms with Crippen LogP contribution in [0, 0.1) is 0 Å². The molecule has 1 atom stereocenters. The molecule has 0 fully saturated rings. The quantitative estimate of drug-likeness (QED) is 0.839. The Morgan fingerprint density at radius 1 is 1.22 bits per heavy atom. The standard InChI is InChI=1S/C14H17N3S/c1-2-12(15)9-11-3-5-13(6-4-11)18-14-7-8-16-10-17-14/h3-8,10,12H,2,9,15H2,1H3. The normalized spacial score (nSPS) is 12.3. The molecule has 0 amide bonds. The summed E-state index contributed by atoms with van der Waals surface area (Å²) in [6.45, 7) is 2.12. The first kappa shape index (κ1) is 13.1. The van der Waals surface area contributed by atoms with Crippen LogP contribution in [0.15, 0.2) is 52.8 Å². The smallest absolute Gasteiger partial charge is 0.116 e. The van der Waals surface area contributed by atoms with Crippen LogP contribution < -0.4 is 5.73 Å². The number of benzene rings is 1. The maximum atomic E-state index is 5.94. The van der Waals surface area contributed by atoms with Crippen molar-refractivity contribution in [3.8, 4) is 0 Å². The van der Waals surface area contributed by atoms with Crippen LogP contribution in [-0.4, -0.2) is 16.0 Å². The van der Waals surface area contributed by atoms with Crippen molar-refractivity contribution in [3.05, 3.63) is 48.4 Å². The molecule has 3 nitrogen and oxygen atoms in total. The molecule has 2 N–H and O–H groups in total. The Morgan fingerprint density at radius 2 is 2.00 bits per heavy atom. The molecule has 0 aliphatic heterocycles. The van der Waals surface area contributed by atoms with Gasteiger partial charge in [0, 0.05) is 17.1 Å². The van der Waals surface area contributed by atoms with Gasteiger partial charge in [0.25, 0.3) is 0 Å². The van der Waals surface area contributed by atoms with Crippen LogP contribution in [-0.2, 0) is 6.42 Å². The lowest BCUT2D eigenvalue weighted by molar-refractivity contribution is 0.646. The summed E-state index contributed by atoms with van der Waals surface area (Å²) in [5.41, 5.74) is 7.23. The fraction of sp³-hybridized carbons (Fsp3) is 0.286. The van der Waals surface area contributed by atoms with Crippen LogP contribution in [0.5, 0.6) is 0 Å². The molecule has 1 aromatic carbocycles. The lowest BCUT2D eigenvalue weighted by Gasteiger charge is -2.09. The predicted octanol–water partition coefficient (Wildman–Crippen LogP) is 2.91. The van der Waals surface area contributed by atoms with E-state index in [4.69, 9.17) is 5.73 Å². The molecule has 4 heteroatoms. The summed E-state index contributed by atoms with van der Waals surface area (Å²) in [6, 6.07) is 10.7. The predicted molar refractivity (Wildman–Crippen MR) is 74.6 cm³/mol.